The molecule has 216 valence electrons. The van der Waals surface area contributed by atoms with Crippen LogP contribution in [0.25, 0.3) is 11.3 Å². The molecule has 0 aliphatic rings. The summed E-state index contributed by atoms with van der Waals surface area (Å²) in [6.45, 7) is 3.76. The number of rotatable bonds is 9. The minimum atomic E-state index is -0.631. The second kappa shape index (κ2) is 12.2. The summed E-state index contributed by atoms with van der Waals surface area (Å²) < 4.78 is 7.94. The fourth-order valence-corrected chi connectivity index (χ4v) is 5.54. The van der Waals surface area contributed by atoms with Gasteiger partial charge in [-0.3, -0.25) is 0 Å². The van der Waals surface area contributed by atoms with Crippen molar-refractivity contribution < 1.29 is 4.74 Å². The van der Waals surface area contributed by atoms with E-state index in [1.807, 2.05) is 62.6 Å². The molecule has 2 heterocycles. The number of pyridine rings is 1. The van der Waals surface area contributed by atoms with Gasteiger partial charge in [0.05, 0.1) is 23.8 Å². The molecule has 0 saturated heterocycles. The van der Waals surface area contributed by atoms with Gasteiger partial charge in [-0.15, -0.1) is 0 Å². The van der Waals surface area contributed by atoms with Gasteiger partial charge in [0.1, 0.15) is 23.0 Å². The number of anilines is 3. The van der Waals surface area contributed by atoms with E-state index in [1.165, 1.54) is 0 Å². The molecule has 0 spiro atoms. The van der Waals surface area contributed by atoms with E-state index in [0.717, 1.165) is 33.6 Å². The zero-order chi connectivity index (χ0) is 30.5. The summed E-state index contributed by atoms with van der Waals surface area (Å²) in [5, 5.41) is 12.8. The summed E-state index contributed by atoms with van der Waals surface area (Å²) in [7, 11) is 0. The molecule has 0 fully saturated rings. The summed E-state index contributed by atoms with van der Waals surface area (Å²) >= 11 is 0. The molecule has 6 rings (SSSR count). The number of nitrogens with two attached hydrogens (primary N) is 1. The first-order chi connectivity index (χ1) is 21.5. The first-order valence-corrected chi connectivity index (χ1v) is 14.4. The lowest BCUT2D eigenvalue weighted by atomic mass is 9.77. The number of nitrogen functional groups attached to an aromatic ring is 1. The number of imidazole rings is 1. The smallest absolute Gasteiger partial charge is 0.236 e. The molecule has 0 radical (unpaired) electrons. The largest absolute Gasteiger partial charge is 0.474 e. The maximum Gasteiger partial charge on any atom is 0.236 e. The van der Waals surface area contributed by atoms with Crippen LogP contribution < -0.4 is 15.8 Å². The Morgan fingerprint density at radius 3 is 1.86 bits per heavy atom. The summed E-state index contributed by atoms with van der Waals surface area (Å²) in [4.78, 5) is 9.36. The Balaban J connectivity index is 1.37. The van der Waals surface area contributed by atoms with E-state index in [1.54, 1.807) is 6.07 Å². The van der Waals surface area contributed by atoms with Gasteiger partial charge in [0.2, 0.25) is 5.88 Å². The fraction of sp³-hybridized carbons (Fsp3) is 0.108. The summed E-state index contributed by atoms with van der Waals surface area (Å²) in [5.74, 6) is 0.707. The standard InChI is InChI=1S/C37H32N6O/c1-26(2)44-36-32(23-38)33(39)22-35(42-36)41-31-20-18-27(19-21-31)34-24-43(25-40-34)37(28-12-6-3-7-13-28,29-14-8-4-9-15-29)30-16-10-5-11-17-30/h3-22,24-26H,1-2H3,(H3,39,41,42). The number of nitriles is 1. The van der Waals surface area contributed by atoms with Crippen LogP contribution in [0.3, 0.4) is 0 Å². The molecule has 7 heteroatoms. The fourth-order valence-electron chi connectivity index (χ4n) is 5.54. The SMILES string of the molecule is CC(C)Oc1nc(Nc2ccc(-c3cn(C(c4ccccc4)(c4ccccc4)c4ccccc4)cn3)cc2)cc(N)c1C#N. The molecule has 0 aliphatic heterocycles. The van der Waals surface area contributed by atoms with Crippen LogP contribution in [-0.2, 0) is 5.54 Å². The van der Waals surface area contributed by atoms with Crippen LogP contribution in [0.2, 0.25) is 0 Å². The zero-order valence-corrected chi connectivity index (χ0v) is 24.6. The van der Waals surface area contributed by atoms with Crippen LogP contribution in [0.4, 0.5) is 17.2 Å². The number of hydrogen-bond acceptors (Lipinski definition) is 6. The number of hydrogen-bond donors (Lipinski definition) is 2. The minimum Gasteiger partial charge on any atom is -0.474 e. The molecule has 6 aromatic rings. The number of ether oxygens (including phenoxy) is 1. The van der Waals surface area contributed by atoms with Crippen molar-refractivity contribution in [2.75, 3.05) is 11.1 Å². The Bertz CT molecular complexity index is 1800. The molecule has 0 amide bonds. The lowest BCUT2D eigenvalue weighted by molar-refractivity contribution is 0.232. The Morgan fingerprint density at radius 1 is 0.818 bits per heavy atom. The van der Waals surface area contributed by atoms with Crippen LogP contribution in [-0.4, -0.2) is 20.6 Å². The van der Waals surface area contributed by atoms with E-state index in [0.29, 0.717) is 11.5 Å². The second-order valence-electron chi connectivity index (χ2n) is 10.7. The molecular weight excluding hydrogens is 544 g/mol. The van der Waals surface area contributed by atoms with Crippen molar-refractivity contribution in [3.05, 3.63) is 156 Å². The third-order valence-electron chi connectivity index (χ3n) is 7.47. The Morgan fingerprint density at radius 2 is 1.36 bits per heavy atom. The van der Waals surface area contributed by atoms with E-state index in [4.69, 9.17) is 15.5 Å². The van der Waals surface area contributed by atoms with Gasteiger partial charge in [0.25, 0.3) is 0 Å². The second-order valence-corrected chi connectivity index (χ2v) is 10.7. The van der Waals surface area contributed by atoms with Crippen LogP contribution in [0, 0.1) is 11.3 Å². The zero-order valence-electron chi connectivity index (χ0n) is 24.6. The third kappa shape index (κ3) is 5.37. The van der Waals surface area contributed by atoms with Crippen LogP contribution in [0.5, 0.6) is 5.88 Å². The van der Waals surface area contributed by atoms with Gasteiger partial charge in [-0.1, -0.05) is 103 Å². The highest BCUT2D eigenvalue weighted by atomic mass is 16.5. The molecule has 3 N–H and O–H groups in total. The van der Waals surface area contributed by atoms with Crippen molar-refractivity contribution >= 4 is 17.2 Å². The van der Waals surface area contributed by atoms with Crippen LogP contribution in [0.1, 0.15) is 36.1 Å². The van der Waals surface area contributed by atoms with Crippen molar-refractivity contribution in [2.24, 2.45) is 0 Å². The monoisotopic (exact) mass is 576 g/mol. The molecule has 4 aromatic carbocycles. The molecule has 0 atom stereocenters. The van der Waals surface area contributed by atoms with Gasteiger partial charge in [-0.2, -0.15) is 10.2 Å². The molecule has 7 nitrogen and oxygen atoms in total. The van der Waals surface area contributed by atoms with Crippen molar-refractivity contribution in [1.82, 2.24) is 14.5 Å². The molecule has 0 aliphatic carbocycles. The summed E-state index contributed by atoms with van der Waals surface area (Å²) in [6.07, 6.45) is 3.87. The molecular formula is C37H32N6O. The van der Waals surface area contributed by atoms with Crippen molar-refractivity contribution in [1.29, 1.82) is 5.26 Å². The highest BCUT2D eigenvalue weighted by Crippen LogP contribution is 2.41. The average molecular weight is 577 g/mol. The molecule has 0 unspecified atom stereocenters. The maximum atomic E-state index is 9.50. The average Bonchev–Trinajstić information content (AvgIpc) is 3.54. The van der Waals surface area contributed by atoms with Gasteiger partial charge in [-0.05, 0) is 42.7 Å². The van der Waals surface area contributed by atoms with Crippen LogP contribution in [0.15, 0.2) is 134 Å². The van der Waals surface area contributed by atoms with Gasteiger partial charge < -0.3 is 20.4 Å². The predicted molar refractivity (Wildman–Crippen MR) is 175 cm³/mol. The quantitative estimate of drug-likeness (QED) is 0.171. The first kappa shape index (κ1) is 28.3. The lowest BCUT2D eigenvalue weighted by Crippen LogP contribution is -2.36. The normalized spacial score (nSPS) is 11.2. The summed E-state index contributed by atoms with van der Waals surface area (Å²) in [5.41, 5.74) is 12.1. The highest BCUT2D eigenvalue weighted by molar-refractivity contribution is 5.69. The van der Waals surface area contributed by atoms with Crippen LogP contribution >= 0.6 is 0 Å². The number of nitrogens with one attached hydrogen (secondary N) is 1. The Hall–Kier alpha value is -5.87. The van der Waals surface area contributed by atoms with Gasteiger partial charge >= 0.3 is 0 Å². The Kier molecular flexibility index (Phi) is 7.81. The predicted octanol–water partition coefficient (Wildman–Crippen LogP) is 7.77. The van der Waals surface area contributed by atoms with Crippen molar-refractivity contribution in [3.8, 4) is 23.2 Å². The van der Waals surface area contributed by atoms with E-state index in [9.17, 15) is 5.26 Å². The molecule has 2 aromatic heterocycles. The number of benzene rings is 4. The lowest BCUT2D eigenvalue weighted by Gasteiger charge is -2.37. The van der Waals surface area contributed by atoms with E-state index in [-0.39, 0.29) is 17.5 Å². The molecule has 0 bridgehead atoms. The third-order valence-corrected chi connectivity index (χ3v) is 7.47. The van der Waals surface area contributed by atoms with E-state index < -0.39 is 5.54 Å². The van der Waals surface area contributed by atoms with Crippen molar-refractivity contribution in [3.63, 3.8) is 0 Å². The first-order valence-electron chi connectivity index (χ1n) is 14.4. The molecule has 0 saturated carbocycles. The van der Waals surface area contributed by atoms with Gasteiger partial charge in [0, 0.05) is 23.5 Å². The topological polar surface area (TPSA) is 102 Å². The Labute approximate surface area is 257 Å². The van der Waals surface area contributed by atoms with Crippen molar-refractivity contribution in [2.45, 2.75) is 25.5 Å². The highest BCUT2D eigenvalue weighted by Gasteiger charge is 2.38. The van der Waals surface area contributed by atoms with E-state index in [2.05, 4.69) is 99.9 Å². The number of nitrogens with zero attached hydrogens (tertiary/aromatic N) is 4. The maximum absolute atomic E-state index is 9.50. The van der Waals surface area contributed by atoms with E-state index >= 15 is 0 Å². The van der Waals surface area contributed by atoms with Gasteiger partial charge in [-0.25, -0.2) is 4.98 Å². The van der Waals surface area contributed by atoms with Gasteiger partial charge in [0.15, 0.2) is 0 Å². The molecule has 44 heavy (non-hydrogen) atoms. The number of aromatic nitrogens is 3. The minimum absolute atomic E-state index is 0.146. The summed E-state index contributed by atoms with van der Waals surface area (Å²) in [6, 6.07) is 43.3.